The third-order valence-electron chi connectivity index (χ3n) is 2.83. The highest BCUT2D eigenvalue weighted by Gasteiger charge is 2.14. The summed E-state index contributed by atoms with van der Waals surface area (Å²) in [4.78, 5) is 19.3. The van der Waals surface area contributed by atoms with Gasteiger partial charge in [0.15, 0.2) is 17.2 Å². The monoisotopic (exact) mass is 288 g/mol. The average Bonchev–Trinajstić information content (AvgIpc) is 3.00. The predicted molar refractivity (Wildman–Crippen MR) is 70.3 cm³/mol. The highest BCUT2D eigenvalue weighted by Crippen LogP contribution is 2.32. The van der Waals surface area contributed by atoms with Gasteiger partial charge >= 0.3 is 5.97 Å². The van der Waals surface area contributed by atoms with Gasteiger partial charge in [-0.2, -0.15) is 0 Å². The fourth-order valence-corrected chi connectivity index (χ4v) is 1.81. The van der Waals surface area contributed by atoms with Crippen LogP contribution in [-0.4, -0.2) is 29.8 Å². The molecule has 0 radical (unpaired) electrons. The molecule has 2 aromatic rings. The van der Waals surface area contributed by atoms with Gasteiger partial charge in [-0.05, 0) is 17.7 Å². The fraction of sp³-hybridized carbons (Fsp3) is 0.214. The first-order valence-electron chi connectivity index (χ1n) is 6.18. The van der Waals surface area contributed by atoms with E-state index < -0.39 is 5.97 Å². The molecule has 21 heavy (non-hydrogen) atoms. The maximum Gasteiger partial charge on any atom is 0.358 e. The molecule has 0 saturated carbocycles. The van der Waals surface area contributed by atoms with E-state index >= 15 is 0 Å². The molecule has 1 aliphatic heterocycles. The van der Waals surface area contributed by atoms with Gasteiger partial charge in [-0.25, -0.2) is 9.78 Å². The van der Waals surface area contributed by atoms with Crippen LogP contribution in [0.5, 0.6) is 17.4 Å². The zero-order valence-corrected chi connectivity index (χ0v) is 11.2. The molecule has 1 aromatic heterocycles. The number of fused-ring (bicyclic) bond motifs is 1. The Bertz CT molecular complexity index is 674. The van der Waals surface area contributed by atoms with E-state index in [2.05, 4.69) is 14.7 Å². The molecule has 1 aliphatic rings. The SMILES string of the molecule is COC(=O)c1cncc(OCc2ccc3c(c2)OCO3)n1. The number of hydrogen-bond donors (Lipinski definition) is 0. The zero-order valence-electron chi connectivity index (χ0n) is 11.2. The van der Waals surface area contributed by atoms with Crippen LogP contribution in [0.15, 0.2) is 30.6 Å². The van der Waals surface area contributed by atoms with Crippen molar-refractivity contribution < 1.29 is 23.7 Å². The third-order valence-corrected chi connectivity index (χ3v) is 2.83. The lowest BCUT2D eigenvalue weighted by molar-refractivity contribution is 0.0592. The second-order valence-electron chi connectivity index (χ2n) is 4.21. The Morgan fingerprint density at radius 3 is 3.00 bits per heavy atom. The molecule has 0 saturated heterocycles. The van der Waals surface area contributed by atoms with Gasteiger partial charge in [-0.15, -0.1) is 0 Å². The van der Waals surface area contributed by atoms with E-state index in [9.17, 15) is 4.79 Å². The standard InChI is InChI=1S/C14H12N2O5/c1-18-14(17)10-5-15-6-13(16-10)19-7-9-2-3-11-12(4-9)21-8-20-11/h2-6H,7-8H2,1H3. The number of ether oxygens (including phenoxy) is 4. The quantitative estimate of drug-likeness (QED) is 0.790. The zero-order chi connectivity index (χ0) is 14.7. The highest BCUT2D eigenvalue weighted by atomic mass is 16.7. The topological polar surface area (TPSA) is 79.8 Å². The minimum Gasteiger partial charge on any atom is -0.472 e. The summed E-state index contributed by atoms with van der Waals surface area (Å²) in [6.07, 6.45) is 2.75. The average molecular weight is 288 g/mol. The van der Waals surface area contributed by atoms with E-state index in [-0.39, 0.29) is 25.0 Å². The maximum atomic E-state index is 11.4. The van der Waals surface area contributed by atoms with Crippen molar-refractivity contribution in [2.45, 2.75) is 6.61 Å². The van der Waals surface area contributed by atoms with E-state index in [1.165, 1.54) is 19.5 Å². The summed E-state index contributed by atoms with van der Waals surface area (Å²) in [7, 11) is 1.28. The Balaban J connectivity index is 1.69. The first-order valence-corrected chi connectivity index (χ1v) is 6.18. The molecular weight excluding hydrogens is 276 g/mol. The number of methoxy groups -OCH3 is 1. The molecule has 2 heterocycles. The molecule has 0 fully saturated rings. The van der Waals surface area contributed by atoms with Crippen molar-refractivity contribution >= 4 is 5.97 Å². The van der Waals surface area contributed by atoms with E-state index in [1.54, 1.807) is 0 Å². The van der Waals surface area contributed by atoms with Gasteiger partial charge in [0.2, 0.25) is 12.7 Å². The lowest BCUT2D eigenvalue weighted by atomic mass is 10.2. The van der Waals surface area contributed by atoms with E-state index in [1.807, 2.05) is 18.2 Å². The van der Waals surface area contributed by atoms with Crippen molar-refractivity contribution in [3.63, 3.8) is 0 Å². The summed E-state index contributed by atoms with van der Waals surface area (Å²) in [5.74, 6) is 1.09. The summed E-state index contributed by atoms with van der Waals surface area (Å²) in [6.45, 7) is 0.502. The van der Waals surface area contributed by atoms with Crippen LogP contribution in [0.1, 0.15) is 16.1 Å². The fourth-order valence-electron chi connectivity index (χ4n) is 1.81. The molecule has 0 spiro atoms. The minimum absolute atomic E-state index is 0.0979. The minimum atomic E-state index is -0.559. The van der Waals surface area contributed by atoms with Crippen LogP contribution < -0.4 is 14.2 Å². The molecule has 0 atom stereocenters. The molecule has 0 bridgehead atoms. The van der Waals surface area contributed by atoms with E-state index in [0.29, 0.717) is 11.5 Å². The van der Waals surface area contributed by atoms with Gasteiger partial charge in [-0.1, -0.05) is 6.07 Å². The van der Waals surface area contributed by atoms with Gasteiger partial charge < -0.3 is 18.9 Å². The van der Waals surface area contributed by atoms with Crippen LogP contribution in [0.2, 0.25) is 0 Å². The molecule has 7 nitrogen and oxygen atoms in total. The molecule has 3 rings (SSSR count). The number of carbonyl (C=O) groups is 1. The lowest BCUT2D eigenvalue weighted by Gasteiger charge is -2.06. The van der Waals surface area contributed by atoms with Gasteiger partial charge in [0, 0.05) is 0 Å². The van der Waals surface area contributed by atoms with Crippen molar-refractivity contribution in [1.29, 1.82) is 0 Å². The van der Waals surface area contributed by atoms with Gasteiger partial charge in [0.1, 0.15) is 6.61 Å². The van der Waals surface area contributed by atoms with E-state index in [4.69, 9.17) is 14.2 Å². The summed E-state index contributed by atoms with van der Waals surface area (Å²) in [5.41, 5.74) is 0.991. The largest absolute Gasteiger partial charge is 0.472 e. The van der Waals surface area contributed by atoms with E-state index in [0.717, 1.165) is 5.56 Å². The number of aromatic nitrogens is 2. The van der Waals surface area contributed by atoms with Crippen molar-refractivity contribution in [2.24, 2.45) is 0 Å². The van der Waals surface area contributed by atoms with Crippen LogP contribution in [0.4, 0.5) is 0 Å². The van der Waals surface area contributed by atoms with Crippen LogP contribution in [0, 0.1) is 0 Å². The lowest BCUT2D eigenvalue weighted by Crippen LogP contribution is -2.06. The second kappa shape index (κ2) is 5.66. The first-order chi connectivity index (χ1) is 10.3. The number of benzene rings is 1. The summed E-state index contributed by atoms with van der Waals surface area (Å²) < 4.78 is 20.6. The van der Waals surface area contributed by atoms with Crippen molar-refractivity contribution in [3.8, 4) is 17.4 Å². The molecule has 0 amide bonds. The van der Waals surface area contributed by atoms with Gasteiger partial charge in [0.05, 0.1) is 19.5 Å². The van der Waals surface area contributed by atoms with Crippen molar-refractivity contribution in [3.05, 3.63) is 41.9 Å². The molecular formula is C14H12N2O5. The number of hydrogen-bond acceptors (Lipinski definition) is 7. The molecule has 0 unspecified atom stereocenters. The van der Waals surface area contributed by atoms with Crippen LogP contribution in [0.25, 0.3) is 0 Å². The number of nitrogens with zero attached hydrogens (tertiary/aromatic N) is 2. The molecule has 0 aliphatic carbocycles. The maximum absolute atomic E-state index is 11.4. The number of esters is 1. The van der Waals surface area contributed by atoms with Crippen LogP contribution in [-0.2, 0) is 11.3 Å². The van der Waals surface area contributed by atoms with Gasteiger partial charge in [-0.3, -0.25) is 4.98 Å². The summed E-state index contributed by atoms with van der Waals surface area (Å²) in [6, 6.07) is 5.52. The number of rotatable bonds is 4. The predicted octanol–water partition coefficient (Wildman–Crippen LogP) is 1.57. The van der Waals surface area contributed by atoms with Crippen LogP contribution in [0.3, 0.4) is 0 Å². The Hall–Kier alpha value is -2.83. The Kier molecular flexibility index (Phi) is 3.55. The smallest absolute Gasteiger partial charge is 0.358 e. The Labute approximate surface area is 120 Å². The third kappa shape index (κ3) is 2.86. The first kappa shape index (κ1) is 13.2. The molecule has 1 aromatic carbocycles. The number of carbonyl (C=O) groups excluding carboxylic acids is 1. The van der Waals surface area contributed by atoms with Crippen molar-refractivity contribution in [1.82, 2.24) is 9.97 Å². The molecule has 7 heteroatoms. The second-order valence-corrected chi connectivity index (χ2v) is 4.21. The Morgan fingerprint density at radius 1 is 1.29 bits per heavy atom. The summed E-state index contributed by atoms with van der Waals surface area (Å²) >= 11 is 0. The normalized spacial score (nSPS) is 12.0. The Morgan fingerprint density at radius 2 is 2.14 bits per heavy atom. The van der Waals surface area contributed by atoms with Gasteiger partial charge in [0.25, 0.3) is 0 Å². The summed E-state index contributed by atoms with van der Waals surface area (Å²) in [5, 5.41) is 0. The molecule has 0 N–H and O–H groups in total. The van der Waals surface area contributed by atoms with Crippen molar-refractivity contribution in [2.75, 3.05) is 13.9 Å². The molecule has 108 valence electrons. The van der Waals surface area contributed by atoms with Crippen LogP contribution >= 0.6 is 0 Å². The highest BCUT2D eigenvalue weighted by molar-refractivity contribution is 5.86.